The van der Waals surface area contributed by atoms with Gasteiger partial charge in [-0.2, -0.15) is 0 Å². The van der Waals surface area contributed by atoms with Gasteiger partial charge in [-0.05, 0) is 42.5 Å². The van der Waals surface area contributed by atoms with E-state index in [1.165, 1.54) is 5.69 Å². The van der Waals surface area contributed by atoms with Crippen LogP contribution in [0.1, 0.15) is 24.8 Å². The summed E-state index contributed by atoms with van der Waals surface area (Å²) in [6.45, 7) is 2.57. The molecule has 2 atom stereocenters. The van der Waals surface area contributed by atoms with Gasteiger partial charge >= 0.3 is 0 Å². The van der Waals surface area contributed by atoms with Crippen LogP contribution >= 0.6 is 15.9 Å². The van der Waals surface area contributed by atoms with Gasteiger partial charge in [0.25, 0.3) is 0 Å². The quantitative estimate of drug-likeness (QED) is 0.867. The predicted octanol–water partition coefficient (Wildman–Crippen LogP) is 2.01. The van der Waals surface area contributed by atoms with Crippen molar-refractivity contribution < 1.29 is 4.79 Å². The number of nitrogens with two attached hydrogens (primary N) is 1. The van der Waals surface area contributed by atoms with Crippen LogP contribution in [0.25, 0.3) is 0 Å². The molecule has 20 heavy (non-hydrogen) atoms. The number of hydrogen-bond donors (Lipinski definition) is 2. The lowest BCUT2D eigenvalue weighted by Crippen LogP contribution is -2.54. The van der Waals surface area contributed by atoms with Crippen LogP contribution in [0.3, 0.4) is 0 Å². The molecule has 1 aromatic rings. The summed E-state index contributed by atoms with van der Waals surface area (Å²) >= 11 is 3.56. The molecule has 2 fully saturated rings. The van der Waals surface area contributed by atoms with Gasteiger partial charge in [0, 0.05) is 42.3 Å². The minimum absolute atomic E-state index is 0.215. The zero-order valence-corrected chi connectivity index (χ0v) is 13.0. The predicted molar refractivity (Wildman–Crippen MR) is 83.5 cm³/mol. The van der Waals surface area contributed by atoms with Crippen molar-refractivity contribution in [2.24, 2.45) is 11.7 Å². The van der Waals surface area contributed by atoms with Crippen molar-refractivity contribution >= 4 is 27.5 Å². The van der Waals surface area contributed by atoms with Gasteiger partial charge in [0.2, 0.25) is 5.91 Å². The summed E-state index contributed by atoms with van der Waals surface area (Å²) in [7, 11) is 0. The highest BCUT2D eigenvalue weighted by Crippen LogP contribution is 2.30. The number of nitrogens with zero attached hydrogens (tertiary/aromatic N) is 1. The highest BCUT2D eigenvalue weighted by Gasteiger charge is 2.33. The van der Waals surface area contributed by atoms with Crippen LogP contribution in [-0.4, -0.2) is 25.0 Å². The molecular formula is C15H20BrN3O. The molecule has 0 saturated carbocycles. The number of amides is 1. The van der Waals surface area contributed by atoms with E-state index in [1.807, 2.05) is 0 Å². The zero-order chi connectivity index (χ0) is 14.1. The molecule has 2 aliphatic heterocycles. The molecule has 5 heteroatoms. The molecule has 1 amide bonds. The number of piperidine rings is 2. The van der Waals surface area contributed by atoms with Gasteiger partial charge in [-0.25, -0.2) is 0 Å². The lowest BCUT2D eigenvalue weighted by molar-refractivity contribution is -0.124. The fourth-order valence-corrected chi connectivity index (χ4v) is 3.81. The van der Waals surface area contributed by atoms with Crippen molar-refractivity contribution in [3.63, 3.8) is 0 Å². The molecule has 4 nitrogen and oxygen atoms in total. The highest BCUT2D eigenvalue weighted by molar-refractivity contribution is 9.10. The van der Waals surface area contributed by atoms with E-state index in [0.717, 1.165) is 36.0 Å². The molecule has 1 aromatic carbocycles. The van der Waals surface area contributed by atoms with Crippen molar-refractivity contribution in [3.05, 3.63) is 28.2 Å². The molecule has 2 aliphatic rings. The number of anilines is 1. The third-order valence-corrected chi connectivity index (χ3v) is 4.82. The Labute approximate surface area is 127 Å². The van der Waals surface area contributed by atoms with E-state index in [1.54, 1.807) is 0 Å². The van der Waals surface area contributed by atoms with E-state index >= 15 is 0 Å². The average Bonchev–Trinajstić information content (AvgIpc) is 2.46. The fourth-order valence-electron chi connectivity index (χ4n) is 3.28. The molecule has 108 valence electrons. The van der Waals surface area contributed by atoms with E-state index in [4.69, 9.17) is 5.73 Å². The minimum Gasteiger partial charge on any atom is -0.371 e. The van der Waals surface area contributed by atoms with Gasteiger partial charge in [0.1, 0.15) is 0 Å². The molecule has 3 N–H and O–H groups in total. The summed E-state index contributed by atoms with van der Waals surface area (Å²) in [5, 5.41) is 3.13. The van der Waals surface area contributed by atoms with E-state index in [2.05, 4.69) is 44.3 Å². The summed E-state index contributed by atoms with van der Waals surface area (Å²) in [6, 6.07) is 6.76. The minimum atomic E-state index is 0.215. The van der Waals surface area contributed by atoms with Gasteiger partial charge in [-0.15, -0.1) is 0 Å². The number of rotatable bonds is 2. The second-order valence-electron chi connectivity index (χ2n) is 5.73. The van der Waals surface area contributed by atoms with Crippen LogP contribution < -0.4 is 16.0 Å². The van der Waals surface area contributed by atoms with Gasteiger partial charge in [0.05, 0.1) is 0 Å². The maximum atomic E-state index is 11.5. The van der Waals surface area contributed by atoms with Crippen LogP contribution in [0, 0.1) is 5.92 Å². The largest absolute Gasteiger partial charge is 0.371 e. The van der Waals surface area contributed by atoms with Crippen LogP contribution in [0.15, 0.2) is 22.7 Å². The Kier molecular flexibility index (Phi) is 3.98. The highest BCUT2D eigenvalue weighted by atomic mass is 79.9. The number of fused-ring (bicyclic) bond motifs is 1. The Hall–Kier alpha value is -1.07. The van der Waals surface area contributed by atoms with Crippen molar-refractivity contribution in [1.82, 2.24) is 5.32 Å². The number of benzene rings is 1. The maximum Gasteiger partial charge on any atom is 0.220 e. The molecule has 0 bridgehead atoms. The first kappa shape index (κ1) is 13.9. The Morgan fingerprint density at radius 1 is 1.35 bits per heavy atom. The molecule has 0 spiro atoms. The van der Waals surface area contributed by atoms with Gasteiger partial charge in [-0.1, -0.05) is 15.9 Å². The molecule has 3 rings (SSSR count). The second kappa shape index (κ2) is 5.74. The number of halogens is 1. The topological polar surface area (TPSA) is 58.4 Å². The van der Waals surface area contributed by atoms with E-state index < -0.39 is 0 Å². The molecule has 2 unspecified atom stereocenters. The Bertz CT molecular complexity index is 520. The number of nitrogens with one attached hydrogen (secondary N) is 1. The van der Waals surface area contributed by atoms with Crippen molar-refractivity contribution in [1.29, 1.82) is 0 Å². The lowest BCUT2D eigenvalue weighted by atomic mass is 9.85. The molecule has 0 radical (unpaired) electrons. The zero-order valence-electron chi connectivity index (χ0n) is 11.4. The van der Waals surface area contributed by atoms with Crippen LogP contribution in [0.5, 0.6) is 0 Å². The molecule has 0 aliphatic carbocycles. The Morgan fingerprint density at radius 3 is 3.00 bits per heavy atom. The summed E-state index contributed by atoms with van der Waals surface area (Å²) in [5.74, 6) is 0.786. The third kappa shape index (κ3) is 2.83. The van der Waals surface area contributed by atoms with E-state index in [0.29, 0.717) is 24.9 Å². The first-order valence-electron chi connectivity index (χ1n) is 7.19. The normalized spacial score (nSPS) is 26.1. The van der Waals surface area contributed by atoms with Gasteiger partial charge in [0.15, 0.2) is 0 Å². The number of hydrogen-bond acceptors (Lipinski definition) is 3. The Balaban J connectivity index is 1.76. The van der Waals surface area contributed by atoms with Crippen molar-refractivity contribution in [3.8, 4) is 0 Å². The fraction of sp³-hybridized carbons (Fsp3) is 0.533. The monoisotopic (exact) mass is 337 g/mol. The van der Waals surface area contributed by atoms with E-state index in [-0.39, 0.29) is 5.91 Å². The number of carbonyl (C=O) groups is 1. The van der Waals surface area contributed by atoms with Crippen LogP contribution in [0.4, 0.5) is 5.69 Å². The average molecular weight is 338 g/mol. The van der Waals surface area contributed by atoms with Gasteiger partial charge in [-0.3, -0.25) is 4.79 Å². The first-order chi connectivity index (χ1) is 9.65. The summed E-state index contributed by atoms with van der Waals surface area (Å²) in [6.07, 6.45) is 2.70. The first-order valence-corrected chi connectivity index (χ1v) is 7.99. The molecular weight excluding hydrogens is 318 g/mol. The second-order valence-corrected chi connectivity index (χ2v) is 6.64. The van der Waals surface area contributed by atoms with Crippen molar-refractivity contribution in [2.75, 3.05) is 18.0 Å². The smallest absolute Gasteiger partial charge is 0.220 e. The lowest BCUT2D eigenvalue weighted by Gasteiger charge is -2.42. The number of carbonyl (C=O) groups excluding carboxylic acids is 1. The summed E-state index contributed by atoms with van der Waals surface area (Å²) in [5.41, 5.74) is 8.13. The standard InChI is InChI=1S/C15H20BrN3O/c16-12-5-10(8-17)6-13(7-12)19-4-3-14-11(9-19)1-2-15(20)18-14/h5-7,11,14H,1-4,8-9,17H2,(H,18,20). The van der Waals surface area contributed by atoms with E-state index in [9.17, 15) is 4.79 Å². The van der Waals surface area contributed by atoms with Crippen LogP contribution in [-0.2, 0) is 11.3 Å². The van der Waals surface area contributed by atoms with Crippen LogP contribution in [0.2, 0.25) is 0 Å². The summed E-state index contributed by atoms with van der Waals surface area (Å²) in [4.78, 5) is 13.9. The third-order valence-electron chi connectivity index (χ3n) is 4.37. The summed E-state index contributed by atoms with van der Waals surface area (Å²) < 4.78 is 1.08. The molecule has 0 aromatic heterocycles. The maximum absolute atomic E-state index is 11.5. The molecule has 2 heterocycles. The molecule has 2 saturated heterocycles. The van der Waals surface area contributed by atoms with Crippen molar-refractivity contribution in [2.45, 2.75) is 31.8 Å². The SMILES string of the molecule is NCc1cc(Br)cc(N2CCC3NC(=O)CCC3C2)c1. The Morgan fingerprint density at radius 2 is 2.20 bits per heavy atom. The van der Waals surface area contributed by atoms with Gasteiger partial charge < -0.3 is 16.0 Å².